The molecule has 0 atom stereocenters. The molecule has 0 spiro atoms. The molecule has 4 heteroatoms. The van der Waals surface area contributed by atoms with E-state index in [1.54, 1.807) is 0 Å². The largest absolute Gasteiger partial charge is 0.273 e. The number of benzene rings is 2. The van der Waals surface area contributed by atoms with E-state index in [2.05, 4.69) is 64.9 Å². The monoisotopic (exact) mass is 353 g/mol. The molecule has 0 unspecified atom stereocenters. The van der Waals surface area contributed by atoms with Crippen molar-refractivity contribution in [1.82, 2.24) is 4.98 Å². The number of anilines is 2. The number of pyridine rings is 1. The second-order valence-electron chi connectivity index (χ2n) is 7.40. The number of nitriles is 1. The van der Waals surface area contributed by atoms with Crippen LogP contribution in [0.5, 0.6) is 0 Å². The van der Waals surface area contributed by atoms with Crippen LogP contribution < -0.4 is 9.72 Å². The SMILES string of the molecule is Cc1ccc(Nc2c3c(c(C#N)c4[nH]c5ccccc5[n+]24)CCC3)cc1C. The topological polar surface area (TPSA) is 55.7 Å². The summed E-state index contributed by atoms with van der Waals surface area (Å²) in [6.45, 7) is 4.27. The molecular formula is C23H21N4+. The summed E-state index contributed by atoms with van der Waals surface area (Å²) in [6, 6.07) is 17.2. The number of H-pyrrole nitrogens is 1. The van der Waals surface area contributed by atoms with Crippen LogP contribution in [0.2, 0.25) is 0 Å². The molecule has 2 aromatic heterocycles. The van der Waals surface area contributed by atoms with Gasteiger partial charge in [-0.2, -0.15) is 9.66 Å². The van der Waals surface area contributed by atoms with Gasteiger partial charge in [0.25, 0.3) is 0 Å². The minimum absolute atomic E-state index is 0.782. The van der Waals surface area contributed by atoms with Crippen molar-refractivity contribution in [3.8, 4) is 6.07 Å². The normalized spacial score (nSPS) is 13.1. The predicted molar refractivity (Wildman–Crippen MR) is 107 cm³/mol. The van der Waals surface area contributed by atoms with Crippen molar-refractivity contribution in [3.63, 3.8) is 0 Å². The summed E-state index contributed by atoms with van der Waals surface area (Å²) in [5.74, 6) is 1.08. The highest BCUT2D eigenvalue weighted by atomic mass is 15.1. The molecule has 0 aliphatic heterocycles. The zero-order valence-electron chi connectivity index (χ0n) is 15.6. The first-order valence-corrected chi connectivity index (χ1v) is 9.42. The minimum Gasteiger partial charge on any atom is -0.273 e. The number of aryl methyl sites for hydroxylation is 2. The zero-order valence-corrected chi connectivity index (χ0v) is 15.6. The van der Waals surface area contributed by atoms with Crippen LogP contribution in [0.1, 0.15) is 34.2 Å². The number of hydrogen-bond donors (Lipinski definition) is 2. The lowest BCUT2D eigenvalue weighted by Crippen LogP contribution is -2.28. The third kappa shape index (κ3) is 2.32. The maximum absolute atomic E-state index is 9.87. The average molecular weight is 353 g/mol. The quantitative estimate of drug-likeness (QED) is 0.516. The van der Waals surface area contributed by atoms with Crippen LogP contribution in [0.3, 0.4) is 0 Å². The fraction of sp³-hybridized carbons (Fsp3) is 0.217. The van der Waals surface area contributed by atoms with Crippen molar-refractivity contribution >= 4 is 28.2 Å². The number of imidazole rings is 1. The van der Waals surface area contributed by atoms with Crippen molar-refractivity contribution in [2.75, 3.05) is 5.32 Å². The van der Waals surface area contributed by atoms with Gasteiger partial charge in [-0.3, -0.25) is 10.3 Å². The van der Waals surface area contributed by atoms with Gasteiger partial charge >= 0.3 is 0 Å². The second kappa shape index (κ2) is 5.85. The van der Waals surface area contributed by atoms with E-state index < -0.39 is 0 Å². The molecule has 0 saturated heterocycles. The fourth-order valence-corrected chi connectivity index (χ4v) is 4.25. The van der Waals surface area contributed by atoms with Gasteiger partial charge in [0.15, 0.2) is 0 Å². The summed E-state index contributed by atoms with van der Waals surface area (Å²) in [5.41, 5.74) is 9.89. The Morgan fingerprint density at radius 1 is 1.04 bits per heavy atom. The second-order valence-corrected chi connectivity index (χ2v) is 7.40. The molecule has 4 aromatic rings. The van der Waals surface area contributed by atoms with Crippen molar-refractivity contribution in [1.29, 1.82) is 5.26 Å². The van der Waals surface area contributed by atoms with E-state index in [1.165, 1.54) is 22.3 Å². The number of aromatic amines is 1. The van der Waals surface area contributed by atoms with Gasteiger partial charge in [0.05, 0.1) is 5.69 Å². The van der Waals surface area contributed by atoms with E-state index in [9.17, 15) is 5.26 Å². The third-order valence-corrected chi connectivity index (χ3v) is 5.77. The van der Waals surface area contributed by atoms with Crippen LogP contribution in [-0.2, 0) is 12.8 Å². The molecule has 0 amide bonds. The number of nitrogens with one attached hydrogen (secondary N) is 2. The number of hydrogen-bond acceptors (Lipinski definition) is 2. The molecule has 5 rings (SSSR count). The van der Waals surface area contributed by atoms with E-state index >= 15 is 0 Å². The van der Waals surface area contributed by atoms with Gasteiger partial charge in [-0.15, -0.1) is 0 Å². The molecule has 27 heavy (non-hydrogen) atoms. The van der Waals surface area contributed by atoms with Crippen molar-refractivity contribution < 1.29 is 4.40 Å². The number of rotatable bonds is 2. The Hall–Kier alpha value is -3.32. The summed E-state index contributed by atoms with van der Waals surface area (Å²) >= 11 is 0. The predicted octanol–water partition coefficient (Wildman–Crippen LogP) is 4.63. The highest BCUT2D eigenvalue weighted by Gasteiger charge is 2.30. The smallest absolute Gasteiger partial charge is 0.250 e. The van der Waals surface area contributed by atoms with Gasteiger partial charge < -0.3 is 0 Å². The van der Waals surface area contributed by atoms with Crippen molar-refractivity contribution in [2.45, 2.75) is 33.1 Å². The molecule has 0 bridgehead atoms. The number of fused-ring (bicyclic) bond motifs is 4. The molecule has 2 N–H and O–H groups in total. The lowest BCUT2D eigenvalue weighted by atomic mass is 10.1. The van der Waals surface area contributed by atoms with Gasteiger partial charge in [-0.05, 0) is 74.1 Å². The van der Waals surface area contributed by atoms with Crippen LogP contribution in [0.4, 0.5) is 11.5 Å². The van der Waals surface area contributed by atoms with Crippen LogP contribution in [0, 0.1) is 25.2 Å². The average Bonchev–Trinajstić information content (AvgIpc) is 3.29. The van der Waals surface area contributed by atoms with Crippen molar-refractivity contribution in [3.05, 3.63) is 70.3 Å². The van der Waals surface area contributed by atoms with E-state index in [1.807, 2.05) is 12.1 Å². The Labute approximate surface area is 158 Å². The first kappa shape index (κ1) is 15.9. The van der Waals surface area contributed by atoms with Crippen LogP contribution in [0.15, 0.2) is 42.5 Å². The summed E-state index contributed by atoms with van der Waals surface area (Å²) < 4.78 is 2.19. The minimum atomic E-state index is 0.782. The third-order valence-electron chi connectivity index (χ3n) is 5.77. The van der Waals surface area contributed by atoms with Gasteiger partial charge in [0.1, 0.15) is 22.7 Å². The number of nitrogens with zero attached hydrogens (tertiary/aromatic N) is 2. The lowest BCUT2D eigenvalue weighted by molar-refractivity contribution is -0.465. The molecule has 4 nitrogen and oxygen atoms in total. The van der Waals surface area contributed by atoms with Gasteiger partial charge in [0.2, 0.25) is 11.5 Å². The van der Waals surface area contributed by atoms with Gasteiger partial charge in [0, 0.05) is 5.56 Å². The molecule has 0 saturated carbocycles. The summed E-state index contributed by atoms with van der Waals surface area (Å²) in [5, 5.41) is 13.5. The highest BCUT2D eigenvalue weighted by Crippen LogP contribution is 2.34. The Bertz CT molecular complexity index is 1260. The Kier molecular flexibility index (Phi) is 3.45. The standard InChI is InChI=1S/C23H20N4/c1-14-10-11-16(12-15(14)2)25-22-18-7-5-6-17(18)19(13-24)23-26-20-8-3-4-9-21(20)27(22)23/h3-4,8-12H,5-7H2,1-2H3,(H,25,26)/p+1. The Balaban J connectivity index is 1.85. The van der Waals surface area contributed by atoms with Gasteiger partial charge in [-0.25, -0.2) is 0 Å². The summed E-state index contributed by atoms with van der Waals surface area (Å²) in [6.07, 6.45) is 3.06. The molecule has 0 radical (unpaired) electrons. The van der Waals surface area contributed by atoms with Crippen LogP contribution in [0.25, 0.3) is 16.7 Å². The van der Waals surface area contributed by atoms with E-state index in [0.29, 0.717) is 0 Å². The van der Waals surface area contributed by atoms with E-state index in [4.69, 9.17) is 0 Å². The number of para-hydroxylation sites is 2. The maximum atomic E-state index is 9.87. The summed E-state index contributed by atoms with van der Waals surface area (Å²) in [4.78, 5) is 3.47. The molecule has 1 aliphatic carbocycles. The van der Waals surface area contributed by atoms with Gasteiger partial charge in [-0.1, -0.05) is 18.2 Å². The molecular weight excluding hydrogens is 332 g/mol. The Morgan fingerprint density at radius 2 is 1.85 bits per heavy atom. The highest BCUT2D eigenvalue weighted by molar-refractivity contribution is 5.79. The molecule has 2 aromatic carbocycles. The van der Waals surface area contributed by atoms with Crippen LogP contribution >= 0.6 is 0 Å². The van der Waals surface area contributed by atoms with Crippen molar-refractivity contribution in [2.24, 2.45) is 0 Å². The lowest BCUT2D eigenvalue weighted by Gasteiger charge is -2.11. The molecule has 2 heterocycles. The Morgan fingerprint density at radius 3 is 2.67 bits per heavy atom. The summed E-state index contributed by atoms with van der Waals surface area (Å²) in [7, 11) is 0. The van der Waals surface area contributed by atoms with E-state index in [-0.39, 0.29) is 0 Å². The maximum Gasteiger partial charge on any atom is 0.250 e. The first-order valence-electron chi connectivity index (χ1n) is 9.42. The number of aromatic nitrogens is 2. The molecule has 132 valence electrons. The zero-order chi connectivity index (χ0) is 18.5. The molecule has 0 fully saturated rings. The first-order chi connectivity index (χ1) is 13.2. The van der Waals surface area contributed by atoms with Crippen LogP contribution in [-0.4, -0.2) is 4.98 Å². The van der Waals surface area contributed by atoms with E-state index in [0.717, 1.165) is 53.0 Å². The molecule has 1 aliphatic rings. The fourth-order valence-electron chi connectivity index (χ4n) is 4.25.